The van der Waals surface area contributed by atoms with E-state index in [1.54, 1.807) is 11.3 Å². The number of ketones is 1. The van der Waals surface area contributed by atoms with Gasteiger partial charge >= 0.3 is 0 Å². The second-order valence-corrected chi connectivity index (χ2v) is 4.09. The lowest BCUT2D eigenvalue weighted by molar-refractivity contribution is -0.118. The molecule has 0 amide bonds. The fraction of sp³-hybridized carbons (Fsp3) is 0.400. The van der Waals surface area contributed by atoms with E-state index >= 15 is 0 Å². The molecule has 0 atom stereocenters. The van der Waals surface area contributed by atoms with Crippen LogP contribution in [0, 0.1) is 0 Å². The summed E-state index contributed by atoms with van der Waals surface area (Å²) in [6, 6.07) is 0. The van der Waals surface area contributed by atoms with Crippen molar-refractivity contribution in [3.8, 4) is 0 Å². The third-order valence-electron chi connectivity index (χ3n) is 2.20. The number of carbonyl (C=O) groups excluding carboxylic acids is 1. The van der Waals surface area contributed by atoms with Gasteiger partial charge in [0.1, 0.15) is 5.78 Å². The van der Waals surface area contributed by atoms with Crippen LogP contribution in [0.5, 0.6) is 0 Å². The summed E-state index contributed by atoms with van der Waals surface area (Å²) in [4.78, 5) is 16.5. The number of Topliss-reactive ketones (excluding diaryl/α,β-unsaturated/α-hetero) is 1. The molecule has 2 rings (SSSR count). The van der Waals surface area contributed by atoms with E-state index in [1.165, 1.54) is 0 Å². The summed E-state index contributed by atoms with van der Waals surface area (Å²) in [5.41, 5.74) is 1.01. The standard InChI is InChI=1S/C10H12N2OS/c1-2-9(13)4-3-8-7-12-5-6-14-10(12)11-8/h5-7H,2-4H2,1H3. The van der Waals surface area contributed by atoms with Crippen LogP contribution < -0.4 is 0 Å². The van der Waals surface area contributed by atoms with Gasteiger partial charge in [-0.05, 0) is 6.42 Å². The Labute approximate surface area is 86.4 Å². The molecule has 0 saturated heterocycles. The first-order chi connectivity index (χ1) is 6.79. The van der Waals surface area contributed by atoms with Gasteiger partial charge in [0.2, 0.25) is 0 Å². The number of imidazole rings is 1. The Bertz CT molecular complexity index is 415. The first-order valence-electron chi connectivity index (χ1n) is 4.72. The molecule has 2 heterocycles. The third-order valence-corrected chi connectivity index (χ3v) is 2.97. The van der Waals surface area contributed by atoms with Crippen LogP contribution in [0.3, 0.4) is 0 Å². The molecule has 0 N–H and O–H groups in total. The van der Waals surface area contributed by atoms with E-state index in [0.29, 0.717) is 18.6 Å². The molecule has 0 aliphatic heterocycles. The molecule has 0 radical (unpaired) electrons. The minimum atomic E-state index is 0.307. The van der Waals surface area contributed by atoms with Crippen molar-refractivity contribution in [3.63, 3.8) is 0 Å². The highest BCUT2D eigenvalue weighted by molar-refractivity contribution is 7.15. The van der Waals surface area contributed by atoms with E-state index in [0.717, 1.165) is 17.1 Å². The van der Waals surface area contributed by atoms with Crippen LogP contribution in [0.4, 0.5) is 0 Å². The second-order valence-electron chi connectivity index (χ2n) is 3.22. The first kappa shape index (κ1) is 9.40. The van der Waals surface area contributed by atoms with Crippen molar-refractivity contribution < 1.29 is 4.79 Å². The summed E-state index contributed by atoms with van der Waals surface area (Å²) in [5, 5.41) is 2.00. The Hall–Kier alpha value is -1.16. The number of thiazole rings is 1. The van der Waals surface area contributed by atoms with Gasteiger partial charge in [-0.25, -0.2) is 4.98 Å². The molecule has 14 heavy (non-hydrogen) atoms. The maximum absolute atomic E-state index is 11.1. The van der Waals surface area contributed by atoms with E-state index < -0.39 is 0 Å². The van der Waals surface area contributed by atoms with Gasteiger partial charge in [0.15, 0.2) is 4.96 Å². The van der Waals surface area contributed by atoms with Gasteiger partial charge in [0.05, 0.1) is 5.69 Å². The van der Waals surface area contributed by atoms with Crippen molar-refractivity contribution in [2.45, 2.75) is 26.2 Å². The molecule has 2 aromatic rings. The third kappa shape index (κ3) is 1.85. The highest BCUT2D eigenvalue weighted by Crippen LogP contribution is 2.12. The van der Waals surface area contributed by atoms with E-state index in [1.807, 2.05) is 29.1 Å². The van der Waals surface area contributed by atoms with Crippen LogP contribution >= 0.6 is 11.3 Å². The Morgan fingerprint density at radius 1 is 1.64 bits per heavy atom. The second kappa shape index (κ2) is 3.92. The average Bonchev–Trinajstić information content (AvgIpc) is 2.73. The predicted molar refractivity (Wildman–Crippen MR) is 56.7 cm³/mol. The van der Waals surface area contributed by atoms with E-state index in [4.69, 9.17) is 0 Å². The lowest BCUT2D eigenvalue weighted by atomic mass is 10.1. The van der Waals surface area contributed by atoms with Gasteiger partial charge in [-0.1, -0.05) is 6.92 Å². The number of aromatic nitrogens is 2. The van der Waals surface area contributed by atoms with Gasteiger partial charge in [-0.3, -0.25) is 9.20 Å². The van der Waals surface area contributed by atoms with Crippen LogP contribution in [-0.2, 0) is 11.2 Å². The largest absolute Gasteiger partial charge is 0.300 e. The van der Waals surface area contributed by atoms with Crippen molar-refractivity contribution in [1.82, 2.24) is 9.38 Å². The Balaban J connectivity index is 2.05. The molecule has 4 heteroatoms. The quantitative estimate of drug-likeness (QED) is 0.772. The minimum Gasteiger partial charge on any atom is -0.300 e. The number of hydrogen-bond donors (Lipinski definition) is 0. The van der Waals surface area contributed by atoms with Crippen LogP contribution in [0.2, 0.25) is 0 Å². The summed E-state index contributed by atoms with van der Waals surface area (Å²) >= 11 is 1.62. The normalized spacial score (nSPS) is 10.9. The van der Waals surface area contributed by atoms with Gasteiger partial charge in [-0.15, -0.1) is 11.3 Å². The fourth-order valence-electron chi connectivity index (χ4n) is 1.34. The molecular weight excluding hydrogens is 196 g/mol. The van der Waals surface area contributed by atoms with Crippen LogP contribution in [0.25, 0.3) is 4.96 Å². The van der Waals surface area contributed by atoms with Crippen molar-refractivity contribution in [2.24, 2.45) is 0 Å². The molecule has 0 saturated carbocycles. The van der Waals surface area contributed by atoms with Crippen molar-refractivity contribution in [1.29, 1.82) is 0 Å². The van der Waals surface area contributed by atoms with Gasteiger partial charge < -0.3 is 0 Å². The topological polar surface area (TPSA) is 34.4 Å². The summed E-state index contributed by atoms with van der Waals surface area (Å²) < 4.78 is 2.00. The zero-order chi connectivity index (χ0) is 9.97. The first-order valence-corrected chi connectivity index (χ1v) is 5.60. The smallest absolute Gasteiger partial charge is 0.193 e. The van der Waals surface area contributed by atoms with Gasteiger partial charge in [-0.2, -0.15) is 0 Å². The highest BCUT2D eigenvalue weighted by atomic mass is 32.1. The van der Waals surface area contributed by atoms with E-state index in [9.17, 15) is 4.79 Å². The summed E-state index contributed by atoms with van der Waals surface area (Å²) in [5.74, 6) is 0.307. The molecule has 74 valence electrons. The molecule has 0 aliphatic rings. The van der Waals surface area contributed by atoms with Crippen molar-refractivity contribution >= 4 is 22.1 Å². The molecule has 0 bridgehead atoms. The zero-order valence-corrected chi connectivity index (χ0v) is 8.88. The van der Waals surface area contributed by atoms with Gasteiger partial charge in [0, 0.05) is 30.6 Å². The maximum atomic E-state index is 11.1. The Kier molecular flexibility index (Phi) is 2.63. The fourth-order valence-corrected chi connectivity index (χ4v) is 2.06. The molecule has 3 nitrogen and oxygen atoms in total. The molecule has 0 aliphatic carbocycles. The lowest BCUT2D eigenvalue weighted by Gasteiger charge is -1.93. The Morgan fingerprint density at radius 3 is 3.21 bits per heavy atom. The number of carbonyl (C=O) groups is 1. The number of hydrogen-bond acceptors (Lipinski definition) is 3. The SMILES string of the molecule is CCC(=O)CCc1cn2ccsc2n1. The summed E-state index contributed by atoms with van der Waals surface area (Å²) in [6.07, 6.45) is 5.98. The van der Waals surface area contributed by atoms with Crippen LogP contribution in [-0.4, -0.2) is 15.2 Å². The zero-order valence-electron chi connectivity index (χ0n) is 8.06. The monoisotopic (exact) mass is 208 g/mol. The molecule has 2 aromatic heterocycles. The van der Waals surface area contributed by atoms with E-state index in [-0.39, 0.29) is 0 Å². The highest BCUT2D eigenvalue weighted by Gasteiger charge is 2.04. The number of rotatable bonds is 4. The lowest BCUT2D eigenvalue weighted by Crippen LogP contribution is -1.97. The molecular formula is C10H12N2OS. The molecule has 0 fully saturated rings. The number of nitrogens with zero attached hydrogens (tertiary/aromatic N) is 2. The average molecular weight is 208 g/mol. The molecule has 0 aromatic carbocycles. The minimum absolute atomic E-state index is 0.307. The summed E-state index contributed by atoms with van der Waals surface area (Å²) in [7, 11) is 0. The number of fused-ring (bicyclic) bond motifs is 1. The maximum Gasteiger partial charge on any atom is 0.193 e. The molecule has 0 unspecified atom stereocenters. The summed E-state index contributed by atoms with van der Waals surface area (Å²) in [6.45, 7) is 1.90. The number of aryl methyl sites for hydroxylation is 1. The predicted octanol–water partition coefficient (Wildman–Crippen LogP) is 2.31. The van der Waals surface area contributed by atoms with Gasteiger partial charge in [0.25, 0.3) is 0 Å². The van der Waals surface area contributed by atoms with Crippen molar-refractivity contribution in [2.75, 3.05) is 0 Å². The van der Waals surface area contributed by atoms with Crippen LogP contribution in [0.15, 0.2) is 17.8 Å². The Morgan fingerprint density at radius 2 is 2.50 bits per heavy atom. The molecule has 0 spiro atoms. The van der Waals surface area contributed by atoms with E-state index in [2.05, 4.69) is 4.98 Å². The van der Waals surface area contributed by atoms with Crippen LogP contribution in [0.1, 0.15) is 25.5 Å². The van der Waals surface area contributed by atoms with Crippen molar-refractivity contribution in [3.05, 3.63) is 23.5 Å².